The molecule has 3 rings (SSSR count). The number of hydrogen-bond acceptors (Lipinski definition) is 4. The Kier molecular flexibility index (Phi) is 3.87. The number of carbonyl (C=O) groups is 1. The van der Waals surface area contributed by atoms with E-state index in [0.29, 0.717) is 24.5 Å². The van der Waals surface area contributed by atoms with Gasteiger partial charge in [0.2, 0.25) is 5.78 Å². The summed E-state index contributed by atoms with van der Waals surface area (Å²) < 4.78 is 17.2. The number of carbonyl (C=O) groups excluding carboxylic acids is 1. The van der Waals surface area contributed by atoms with Crippen molar-refractivity contribution >= 4 is 5.78 Å². The number of Topliss-reactive ketones (excluding diaryl/α,β-unsaturated/α-hetero) is 1. The Morgan fingerprint density at radius 2 is 1.76 bits per heavy atom. The number of ketones is 1. The topological polar surface area (TPSA) is 44.8 Å². The summed E-state index contributed by atoms with van der Waals surface area (Å²) in [4.78, 5) is 12.8. The van der Waals surface area contributed by atoms with Gasteiger partial charge in [0.1, 0.15) is 32.3 Å². The summed E-state index contributed by atoms with van der Waals surface area (Å²) in [5.74, 6) is 1.54. The third kappa shape index (κ3) is 2.76. The molecule has 0 spiro atoms. The molecule has 21 heavy (non-hydrogen) atoms. The van der Waals surface area contributed by atoms with Gasteiger partial charge < -0.3 is 18.7 Å². The van der Waals surface area contributed by atoms with E-state index < -0.39 is 0 Å². The lowest BCUT2D eigenvalue weighted by Crippen LogP contribution is -2.59. The summed E-state index contributed by atoms with van der Waals surface area (Å²) in [7, 11) is 2.13. The van der Waals surface area contributed by atoms with Crippen LogP contribution < -0.4 is 9.47 Å². The van der Waals surface area contributed by atoms with Crippen LogP contribution in [-0.2, 0) is 4.74 Å². The van der Waals surface area contributed by atoms with Crippen molar-refractivity contribution in [2.24, 2.45) is 0 Å². The van der Waals surface area contributed by atoms with E-state index in [4.69, 9.17) is 14.2 Å². The zero-order valence-electron chi connectivity index (χ0n) is 12.6. The molecular formula is C16H22NO4+. The van der Waals surface area contributed by atoms with Crippen molar-refractivity contribution in [3.8, 4) is 11.5 Å². The highest BCUT2D eigenvalue weighted by Gasteiger charge is 2.36. The number of quaternary nitrogens is 1. The van der Waals surface area contributed by atoms with Crippen LogP contribution >= 0.6 is 0 Å². The van der Waals surface area contributed by atoms with Crippen LogP contribution in [0.4, 0.5) is 0 Å². The smallest absolute Gasteiger partial charge is 0.219 e. The maximum absolute atomic E-state index is 12.8. The van der Waals surface area contributed by atoms with E-state index >= 15 is 0 Å². The fourth-order valence-electron chi connectivity index (χ4n) is 2.87. The van der Waals surface area contributed by atoms with Gasteiger partial charge in [-0.2, -0.15) is 0 Å². The minimum absolute atomic E-state index is 0.0866. The van der Waals surface area contributed by atoms with Crippen molar-refractivity contribution in [3.05, 3.63) is 23.8 Å². The van der Waals surface area contributed by atoms with E-state index in [-0.39, 0.29) is 11.8 Å². The second-order valence-electron chi connectivity index (χ2n) is 5.94. The normalized spacial score (nSPS) is 21.6. The van der Waals surface area contributed by atoms with Crippen LogP contribution in [0.25, 0.3) is 0 Å². The Hall–Kier alpha value is -1.59. The molecule has 0 amide bonds. The molecule has 1 aromatic rings. The fraction of sp³-hybridized carbons (Fsp3) is 0.562. The largest absolute Gasteiger partial charge is 0.486 e. The molecule has 0 bridgehead atoms. The molecule has 0 aromatic heterocycles. The molecule has 5 heteroatoms. The Bertz CT molecular complexity index is 537. The highest BCUT2D eigenvalue weighted by atomic mass is 16.6. The summed E-state index contributed by atoms with van der Waals surface area (Å²) >= 11 is 0. The molecule has 1 fully saturated rings. The minimum Gasteiger partial charge on any atom is -0.486 e. The average Bonchev–Trinajstić information content (AvgIpc) is 2.53. The Balaban J connectivity index is 1.81. The average molecular weight is 292 g/mol. The first-order chi connectivity index (χ1) is 10.1. The van der Waals surface area contributed by atoms with E-state index in [1.807, 2.05) is 19.1 Å². The third-order valence-electron chi connectivity index (χ3n) is 4.63. The third-order valence-corrected chi connectivity index (χ3v) is 4.63. The lowest BCUT2D eigenvalue weighted by molar-refractivity contribution is -0.929. The molecule has 1 atom stereocenters. The summed E-state index contributed by atoms with van der Waals surface area (Å²) in [6, 6.07) is 5.38. The van der Waals surface area contributed by atoms with Gasteiger partial charge >= 0.3 is 0 Å². The predicted octanol–water partition coefficient (Wildman–Crippen LogP) is 1.51. The van der Waals surface area contributed by atoms with Gasteiger partial charge in [0.05, 0.1) is 20.3 Å². The van der Waals surface area contributed by atoms with Gasteiger partial charge in [0.25, 0.3) is 0 Å². The number of morpholine rings is 1. The molecule has 1 saturated heterocycles. The van der Waals surface area contributed by atoms with Crippen molar-refractivity contribution in [1.29, 1.82) is 0 Å². The van der Waals surface area contributed by atoms with Gasteiger partial charge in [0.15, 0.2) is 11.5 Å². The monoisotopic (exact) mass is 292 g/mol. The molecule has 2 heterocycles. The summed E-state index contributed by atoms with van der Waals surface area (Å²) in [6.45, 7) is 6.28. The SMILES string of the molecule is CC(C(=O)c1ccc2c(c1)OCCO2)[N+]1(C)CCOCC1. The zero-order valence-corrected chi connectivity index (χ0v) is 12.6. The maximum atomic E-state index is 12.8. The number of ether oxygens (including phenoxy) is 3. The molecule has 2 aliphatic heterocycles. The van der Waals surface area contributed by atoms with E-state index in [9.17, 15) is 4.79 Å². The fourth-order valence-corrected chi connectivity index (χ4v) is 2.87. The van der Waals surface area contributed by atoms with Crippen LogP contribution in [0.3, 0.4) is 0 Å². The van der Waals surface area contributed by atoms with Gasteiger partial charge in [0, 0.05) is 5.56 Å². The van der Waals surface area contributed by atoms with Crippen LogP contribution in [0.15, 0.2) is 18.2 Å². The van der Waals surface area contributed by atoms with E-state index in [1.54, 1.807) is 6.07 Å². The first kappa shape index (κ1) is 14.4. The van der Waals surface area contributed by atoms with Crippen molar-refractivity contribution in [2.75, 3.05) is 46.6 Å². The van der Waals surface area contributed by atoms with E-state index in [1.165, 1.54) is 0 Å². The molecule has 1 unspecified atom stereocenters. The number of likely N-dealkylation sites (N-methyl/N-ethyl adjacent to an activating group) is 1. The van der Waals surface area contributed by atoms with Crippen molar-refractivity contribution in [1.82, 2.24) is 0 Å². The minimum atomic E-state index is -0.0866. The summed E-state index contributed by atoms with van der Waals surface area (Å²) in [5.41, 5.74) is 0.692. The summed E-state index contributed by atoms with van der Waals surface area (Å²) in [6.07, 6.45) is 0. The molecule has 0 radical (unpaired) electrons. The van der Waals surface area contributed by atoms with Crippen LogP contribution in [0.1, 0.15) is 17.3 Å². The number of benzene rings is 1. The highest BCUT2D eigenvalue weighted by molar-refractivity contribution is 5.99. The maximum Gasteiger partial charge on any atom is 0.219 e. The Morgan fingerprint density at radius 3 is 2.48 bits per heavy atom. The second kappa shape index (κ2) is 5.66. The number of fused-ring (bicyclic) bond motifs is 1. The van der Waals surface area contributed by atoms with Gasteiger partial charge in [-0.3, -0.25) is 4.79 Å². The van der Waals surface area contributed by atoms with Crippen molar-refractivity contribution in [3.63, 3.8) is 0 Å². The van der Waals surface area contributed by atoms with Crippen LogP contribution in [-0.4, -0.2) is 62.9 Å². The van der Waals surface area contributed by atoms with Crippen LogP contribution in [0.2, 0.25) is 0 Å². The van der Waals surface area contributed by atoms with Gasteiger partial charge in [-0.15, -0.1) is 0 Å². The first-order valence-corrected chi connectivity index (χ1v) is 7.46. The molecule has 0 N–H and O–H groups in total. The molecule has 2 aliphatic rings. The van der Waals surface area contributed by atoms with Gasteiger partial charge in [-0.05, 0) is 25.1 Å². The van der Waals surface area contributed by atoms with Crippen LogP contribution in [0.5, 0.6) is 11.5 Å². The number of nitrogens with zero attached hydrogens (tertiary/aromatic N) is 1. The second-order valence-corrected chi connectivity index (χ2v) is 5.94. The first-order valence-electron chi connectivity index (χ1n) is 7.46. The quantitative estimate of drug-likeness (QED) is 0.626. The van der Waals surface area contributed by atoms with Crippen molar-refractivity contribution in [2.45, 2.75) is 13.0 Å². The molecule has 1 aromatic carbocycles. The molecule has 114 valence electrons. The zero-order chi connectivity index (χ0) is 14.9. The van der Waals surface area contributed by atoms with Crippen molar-refractivity contribution < 1.29 is 23.5 Å². The van der Waals surface area contributed by atoms with Gasteiger partial charge in [-0.25, -0.2) is 0 Å². The molecular weight excluding hydrogens is 270 g/mol. The Labute approximate surface area is 125 Å². The molecule has 0 saturated carbocycles. The molecule has 0 aliphatic carbocycles. The predicted molar refractivity (Wildman–Crippen MR) is 78.0 cm³/mol. The lowest BCUT2D eigenvalue weighted by Gasteiger charge is -2.41. The van der Waals surface area contributed by atoms with Crippen LogP contribution in [0, 0.1) is 0 Å². The number of hydrogen-bond donors (Lipinski definition) is 0. The summed E-state index contributed by atoms with van der Waals surface area (Å²) in [5, 5.41) is 0. The standard InChI is InChI=1S/C16H22NO4/c1-12(17(2)5-7-19-8-6-17)16(18)13-3-4-14-15(11-13)21-10-9-20-14/h3-4,11-12H,5-10H2,1-2H3/q+1. The number of rotatable bonds is 3. The van der Waals surface area contributed by atoms with E-state index in [2.05, 4.69) is 7.05 Å². The lowest BCUT2D eigenvalue weighted by atomic mass is 10.0. The van der Waals surface area contributed by atoms with E-state index in [0.717, 1.165) is 36.5 Å². The highest BCUT2D eigenvalue weighted by Crippen LogP contribution is 2.31. The van der Waals surface area contributed by atoms with Gasteiger partial charge in [-0.1, -0.05) is 0 Å². The molecule has 5 nitrogen and oxygen atoms in total. The Morgan fingerprint density at radius 1 is 1.10 bits per heavy atom.